The Bertz CT molecular complexity index is 1010. The third kappa shape index (κ3) is 4.56. The van der Waals surface area contributed by atoms with E-state index in [2.05, 4.69) is 31.5 Å². The smallest absolute Gasteiger partial charge is 0.273 e. The molecule has 0 radical (unpaired) electrons. The van der Waals surface area contributed by atoms with Crippen LogP contribution >= 0.6 is 27.5 Å². The van der Waals surface area contributed by atoms with Gasteiger partial charge in [-0.05, 0) is 25.1 Å². The number of nitriles is 1. The van der Waals surface area contributed by atoms with Gasteiger partial charge in [0.2, 0.25) is 0 Å². The minimum Gasteiger partial charge on any atom is -0.360 e. The summed E-state index contributed by atoms with van der Waals surface area (Å²) in [6, 6.07) is 10.5. The summed E-state index contributed by atoms with van der Waals surface area (Å²) in [5.41, 5.74) is 2.22. The summed E-state index contributed by atoms with van der Waals surface area (Å²) < 4.78 is 6.74. The van der Waals surface area contributed by atoms with Gasteiger partial charge in [-0.2, -0.15) is 10.4 Å². The molecule has 1 unspecified atom stereocenters. The lowest BCUT2D eigenvalue weighted by molar-refractivity contribution is 0.0927. The maximum absolute atomic E-state index is 12.2. The lowest BCUT2D eigenvalue weighted by Gasteiger charge is -2.12. The Morgan fingerprint density at radius 3 is 2.93 bits per heavy atom. The third-order valence-electron chi connectivity index (χ3n) is 3.79. The predicted molar refractivity (Wildman–Crippen MR) is 103 cm³/mol. The Kier molecular flexibility index (Phi) is 5.94. The van der Waals surface area contributed by atoms with Crippen molar-refractivity contribution in [2.24, 2.45) is 0 Å². The standard InChI is InChI=1S/C18H15BrClN5O2/c1-11(22-18(26)17-7-14(8-19)27-24-17)10-25-5-4-16(23-25)12-2-3-13(9-21)15(20)6-12/h2-7,11H,8,10H2,1H3,(H,22,26). The van der Waals surface area contributed by atoms with Gasteiger partial charge in [-0.15, -0.1) is 0 Å². The molecule has 0 bridgehead atoms. The van der Waals surface area contributed by atoms with Gasteiger partial charge < -0.3 is 9.84 Å². The first-order valence-corrected chi connectivity index (χ1v) is 9.56. The number of alkyl halides is 1. The molecule has 2 heterocycles. The van der Waals surface area contributed by atoms with E-state index in [9.17, 15) is 4.79 Å². The molecule has 0 saturated heterocycles. The van der Waals surface area contributed by atoms with Gasteiger partial charge in [0.15, 0.2) is 5.69 Å². The van der Waals surface area contributed by atoms with Gasteiger partial charge in [-0.1, -0.05) is 38.8 Å². The zero-order valence-corrected chi connectivity index (χ0v) is 16.7. The lowest BCUT2D eigenvalue weighted by Crippen LogP contribution is -2.36. The molecule has 0 aliphatic heterocycles. The number of nitrogens with zero attached hydrogens (tertiary/aromatic N) is 4. The van der Waals surface area contributed by atoms with Crippen molar-refractivity contribution < 1.29 is 9.32 Å². The molecule has 138 valence electrons. The Morgan fingerprint density at radius 1 is 1.44 bits per heavy atom. The molecule has 1 amide bonds. The minimum absolute atomic E-state index is 0.168. The average molecular weight is 449 g/mol. The largest absolute Gasteiger partial charge is 0.360 e. The fourth-order valence-electron chi connectivity index (χ4n) is 2.49. The van der Waals surface area contributed by atoms with Crippen molar-refractivity contribution in [1.82, 2.24) is 20.3 Å². The van der Waals surface area contributed by atoms with Crippen LogP contribution in [0.3, 0.4) is 0 Å². The molecule has 0 saturated carbocycles. The fourth-order valence-corrected chi connectivity index (χ4v) is 2.98. The van der Waals surface area contributed by atoms with Crippen LogP contribution in [0.5, 0.6) is 0 Å². The number of hydrogen-bond acceptors (Lipinski definition) is 5. The van der Waals surface area contributed by atoms with E-state index in [1.54, 1.807) is 28.9 Å². The first-order chi connectivity index (χ1) is 13.0. The van der Waals surface area contributed by atoms with Gasteiger partial charge in [-0.3, -0.25) is 9.48 Å². The van der Waals surface area contributed by atoms with Gasteiger partial charge in [0, 0.05) is 23.9 Å². The van der Waals surface area contributed by atoms with Crippen LogP contribution in [0.4, 0.5) is 0 Å². The number of hydrogen-bond donors (Lipinski definition) is 1. The van der Waals surface area contributed by atoms with Crippen molar-refractivity contribution >= 4 is 33.4 Å². The SMILES string of the molecule is CC(Cn1ccc(-c2ccc(C#N)c(Cl)c2)n1)NC(=O)c1cc(CBr)on1. The van der Waals surface area contributed by atoms with Gasteiger partial charge in [0.25, 0.3) is 5.91 Å². The topological polar surface area (TPSA) is 96.7 Å². The van der Waals surface area contributed by atoms with E-state index >= 15 is 0 Å². The highest BCUT2D eigenvalue weighted by Crippen LogP contribution is 2.24. The van der Waals surface area contributed by atoms with Crippen molar-refractivity contribution in [3.05, 3.63) is 58.6 Å². The van der Waals surface area contributed by atoms with Crippen molar-refractivity contribution in [1.29, 1.82) is 5.26 Å². The quantitative estimate of drug-likeness (QED) is 0.579. The average Bonchev–Trinajstić information content (AvgIpc) is 3.30. The number of aromatic nitrogens is 3. The Labute approximate surface area is 169 Å². The number of carbonyl (C=O) groups excluding carboxylic acids is 1. The monoisotopic (exact) mass is 447 g/mol. The van der Waals surface area contributed by atoms with Crippen LogP contribution in [0.1, 0.15) is 28.7 Å². The Balaban J connectivity index is 1.64. The molecule has 7 nitrogen and oxygen atoms in total. The van der Waals surface area contributed by atoms with Gasteiger partial charge in [-0.25, -0.2) is 0 Å². The van der Waals surface area contributed by atoms with Crippen LogP contribution in [0.15, 0.2) is 41.1 Å². The van der Waals surface area contributed by atoms with E-state index < -0.39 is 0 Å². The van der Waals surface area contributed by atoms with E-state index in [1.807, 2.05) is 25.3 Å². The number of amides is 1. The Morgan fingerprint density at radius 2 is 2.26 bits per heavy atom. The van der Waals surface area contributed by atoms with E-state index in [0.717, 1.165) is 11.3 Å². The van der Waals surface area contributed by atoms with Gasteiger partial charge in [0.1, 0.15) is 11.8 Å². The molecule has 3 rings (SSSR count). The molecule has 0 aliphatic rings. The molecule has 0 fully saturated rings. The number of rotatable bonds is 6. The fraction of sp³-hybridized carbons (Fsp3) is 0.222. The molecule has 2 aromatic heterocycles. The van der Waals surface area contributed by atoms with Gasteiger partial charge in [0.05, 0.1) is 28.2 Å². The summed E-state index contributed by atoms with van der Waals surface area (Å²) in [6.07, 6.45) is 1.82. The number of halogens is 2. The van der Waals surface area contributed by atoms with Crippen molar-refractivity contribution in [3.8, 4) is 17.3 Å². The van der Waals surface area contributed by atoms with Crippen LogP contribution in [-0.4, -0.2) is 26.9 Å². The summed E-state index contributed by atoms with van der Waals surface area (Å²) in [5.74, 6) is 0.287. The molecule has 27 heavy (non-hydrogen) atoms. The van der Waals surface area contributed by atoms with E-state index in [0.29, 0.717) is 28.2 Å². The minimum atomic E-state index is -0.301. The summed E-state index contributed by atoms with van der Waals surface area (Å²) in [5, 5.41) is 20.9. The molecule has 0 spiro atoms. The third-order valence-corrected chi connectivity index (χ3v) is 4.65. The Hall–Kier alpha value is -2.63. The number of carbonyl (C=O) groups is 1. The second-order valence-corrected chi connectivity index (χ2v) is 6.88. The molecule has 3 aromatic rings. The highest BCUT2D eigenvalue weighted by atomic mass is 79.9. The first kappa shape index (κ1) is 19.1. The normalized spacial score (nSPS) is 11.8. The first-order valence-electron chi connectivity index (χ1n) is 8.06. The van der Waals surface area contributed by atoms with Crippen molar-refractivity contribution in [3.63, 3.8) is 0 Å². The summed E-state index contributed by atoms with van der Waals surface area (Å²) >= 11 is 9.32. The predicted octanol–water partition coefficient (Wildman–Crippen LogP) is 3.78. The van der Waals surface area contributed by atoms with Crippen LogP contribution < -0.4 is 5.32 Å². The maximum atomic E-state index is 12.2. The second-order valence-electron chi connectivity index (χ2n) is 5.92. The molecular weight excluding hydrogens is 434 g/mol. The highest BCUT2D eigenvalue weighted by molar-refractivity contribution is 9.08. The number of benzene rings is 1. The van der Waals surface area contributed by atoms with Crippen LogP contribution in [0.2, 0.25) is 5.02 Å². The van der Waals surface area contributed by atoms with Crippen LogP contribution in [0.25, 0.3) is 11.3 Å². The summed E-state index contributed by atoms with van der Waals surface area (Å²) in [7, 11) is 0. The number of nitrogens with one attached hydrogen (secondary N) is 1. The van der Waals surface area contributed by atoms with E-state index in [4.69, 9.17) is 21.4 Å². The second kappa shape index (κ2) is 8.37. The summed E-state index contributed by atoms with van der Waals surface area (Å²) in [6.45, 7) is 2.36. The van der Waals surface area contributed by atoms with E-state index in [1.165, 1.54) is 0 Å². The van der Waals surface area contributed by atoms with Gasteiger partial charge >= 0.3 is 0 Å². The van der Waals surface area contributed by atoms with Crippen molar-refractivity contribution in [2.75, 3.05) is 0 Å². The highest BCUT2D eigenvalue weighted by Gasteiger charge is 2.15. The molecule has 0 aliphatic carbocycles. The van der Waals surface area contributed by atoms with Crippen LogP contribution in [-0.2, 0) is 11.9 Å². The molecule has 1 atom stereocenters. The molecule has 1 aromatic carbocycles. The zero-order chi connectivity index (χ0) is 19.4. The van der Waals surface area contributed by atoms with E-state index in [-0.39, 0.29) is 17.6 Å². The van der Waals surface area contributed by atoms with Crippen LogP contribution in [0, 0.1) is 11.3 Å². The molecular formula is C18H15BrClN5O2. The zero-order valence-electron chi connectivity index (χ0n) is 14.3. The maximum Gasteiger partial charge on any atom is 0.273 e. The lowest BCUT2D eigenvalue weighted by atomic mass is 10.1. The summed E-state index contributed by atoms with van der Waals surface area (Å²) in [4.78, 5) is 12.2. The molecule has 9 heteroatoms. The van der Waals surface area contributed by atoms with Crippen molar-refractivity contribution in [2.45, 2.75) is 24.8 Å². The molecule has 1 N–H and O–H groups in total.